The molecular weight excluding hydrogens is 1150 g/mol. The number of thiazole rings is 1. The molecule has 2 saturated heterocycles. The zero-order valence-electron chi connectivity index (χ0n) is 49.9. The van der Waals surface area contributed by atoms with Crippen molar-refractivity contribution in [2.75, 3.05) is 118 Å². The number of ether oxygens (including phenoxy) is 7. The largest absolute Gasteiger partial charge is 0.495 e. The molecule has 2 aliphatic rings. The van der Waals surface area contributed by atoms with Crippen molar-refractivity contribution in [1.82, 2.24) is 35.3 Å². The number of nitrogens with zero attached hydrogens (tertiary/aromatic N) is 6. The van der Waals surface area contributed by atoms with Crippen molar-refractivity contribution in [2.24, 2.45) is 5.41 Å². The Bertz CT molecular complexity index is 3020. The lowest BCUT2D eigenvalue weighted by Gasteiger charge is -2.35. The smallest absolute Gasteiger partial charge is 0.246 e. The van der Waals surface area contributed by atoms with E-state index < -0.39 is 29.5 Å². The molecule has 2 aromatic heterocycles. The first-order valence-electron chi connectivity index (χ1n) is 28.6. The Labute approximate surface area is 512 Å². The Morgan fingerprint density at radius 1 is 0.835 bits per heavy atom. The van der Waals surface area contributed by atoms with E-state index >= 15 is 0 Å². The Morgan fingerprint density at radius 2 is 1.51 bits per heavy atom. The first-order valence-corrected chi connectivity index (χ1v) is 30.2. The molecule has 7 rings (SSSR count). The van der Waals surface area contributed by atoms with Crippen LogP contribution >= 0.6 is 34.5 Å². The molecule has 3 atom stereocenters. The van der Waals surface area contributed by atoms with Crippen LogP contribution in [0.25, 0.3) is 21.3 Å². The van der Waals surface area contributed by atoms with Crippen molar-refractivity contribution in [3.8, 4) is 33.8 Å². The molecule has 24 heteroatoms. The number of aromatic nitrogens is 2. The maximum absolute atomic E-state index is 13.7. The minimum absolute atomic E-state index is 0.0225. The highest BCUT2D eigenvalue weighted by atomic mass is 35.5. The van der Waals surface area contributed by atoms with E-state index in [-0.39, 0.29) is 50.3 Å². The number of hydrogen-bond donors (Lipinski definition) is 4. The summed E-state index contributed by atoms with van der Waals surface area (Å²) in [6.07, 6.45) is 2.12. The van der Waals surface area contributed by atoms with E-state index in [1.54, 1.807) is 42.7 Å². The number of fused-ring (bicyclic) bond motifs is 1. The summed E-state index contributed by atoms with van der Waals surface area (Å²) in [6.45, 7) is 19.8. The summed E-state index contributed by atoms with van der Waals surface area (Å²) in [5.41, 5.74) is 6.14. The zero-order valence-corrected chi connectivity index (χ0v) is 52.3. The topological polar surface area (TPSA) is 248 Å². The standard InChI is InChI=1S/C31H46N4O7S.C30H35Cl2N5O5/c1-6-40-13-14-42-16-15-41-12-11-26(37)34-28(31(3,4)5)30(39)35-19-24(36)17-25(35)29(38)32-18-22-7-9-23(10-8-22)27-21(2)33-20-43-27;1-4-41-13-6-29(38)37-10-8-36(9-11-37)7-5-12-42-28-16-24-21(14-27(28)40-3)30(20(18-33)19-34-24)35-25-17-26(39-2)23(32)15-22(25)31/h7-10,20,24-25,28,36H,6,11-19H2,1-5H3,(H,32,38)(H,34,37);14-17,19H,4-13H2,1-3H3,(H,34,35)/t24-,25+,28-;/m1./s1. The number of hydrogen-bond acceptors (Lipinski definition) is 18. The van der Waals surface area contributed by atoms with E-state index in [0.29, 0.717) is 114 Å². The minimum atomic E-state index is -0.884. The number of methoxy groups -OCH3 is 2. The molecule has 3 aromatic carbocycles. The number of likely N-dealkylation sites (tertiary alicyclic amines) is 1. The fraction of sp³-hybridized carbons (Fsp3) is 0.525. The van der Waals surface area contributed by atoms with E-state index in [1.807, 2.05) is 76.2 Å². The molecule has 4 amide bonds. The molecule has 2 fully saturated rings. The molecule has 2 aliphatic heterocycles. The normalized spacial score (nSPS) is 15.6. The number of aryl methyl sites for hydroxylation is 1. The monoisotopic (exact) mass is 1230 g/mol. The molecule has 5 aromatic rings. The van der Waals surface area contributed by atoms with Crippen LogP contribution in [0.1, 0.15) is 77.1 Å². The fourth-order valence-corrected chi connectivity index (χ4v) is 10.8. The van der Waals surface area contributed by atoms with Gasteiger partial charge in [0.2, 0.25) is 23.6 Å². The number of aliphatic hydroxyl groups is 1. The summed E-state index contributed by atoms with van der Waals surface area (Å²) in [6, 6.07) is 15.2. The van der Waals surface area contributed by atoms with Crippen LogP contribution in [-0.4, -0.2) is 185 Å². The van der Waals surface area contributed by atoms with E-state index in [2.05, 4.69) is 36.9 Å². The van der Waals surface area contributed by atoms with Crippen molar-refractivity contribution in [1.29, 1.82) is 5.26 Å². The van der Waals surface area contributed by atoms with Gasteiger partial charge in [-0.15, -0.1) is 11.3 Å². The van der Waals surface area contributed by atoms with Gasteiger partial charge in [-0.25, -0.2) is 4.98 Å². The molecule has 0 spiro atoms. The Kier molecular flexibility index (Phi) is 27.2. The number of carbonyl (C=O) groups excluding carboxylic acids is 4. The second-order valence-electron chi connectivity index (χ2n) is 21.3. The number of benzene rings is 3. The number of aliphatic hydroxyl groups excluding tert-OH is 1. The number of anilines is 2. The lowest BCUT2D eigenvalue weighted by Crippen LogP contribution is -2.57. The van der Waals surface area contributed by atoms with Gasteiger partial charge in [-0.3, -0.25) is 29.1 Å². The third kappa shape index (κ3) is 20.1. The average Bonchev–Trinajstić information content (AvgIpc) is 2.14. The summed E-state index contributed by atoms with van der Waals surface area (Å²) >= 11 is 14.2. The van der Waals surface area contributed by atoms with Crippen molar-refractivity contribution in [3.63, 3.8) is 0 Å². The van der Waals surface area contributed by atoms with E-state index in [4.69, 9.17) is 56.4 Å². The molecule has 0 aliphatic carbocycles. The van der Waals surface area contributed by atoms with Crippen molar-refractivity contribution in [3.05, 3.63) is 87.1 Å². The Morgan fingerprint density at radius 3 is 2.15 bits per heavy atom. The van der Waals surface area contributed by atoms with Crippen LogP contribution in [-0.2, 0) is 44.7 Å². The highest BCUT2D eigenvalue weighted by Crippen LogP contribution is 2.41. The van der Waals surface area contributed by atoms with Crippen molar-refractivity contribution in [2.45, 2.75) is 92.0 Å². The summed E-state index contributed by atoms with van der Waals surface area (Å²) in [5.74, 6) is 0.601. The van der Waals surface area contributed by atoms with Crippen LogP contribution < -0.4 is 30.2 Å². The highest BCUT2D eigenvalue weighted by molar-refractivity contribution is 7.13. The van der Waals surface area contributed by atoms with Gasteiger partial charge >= 0.3 is 0 Å². The predicted octanol–water partition coefficient (Wildman–Crippen LogP) is 8.20. The van der Waals surface area contributed by atoms with Gasteiger partial charge in [0.25, 0.3) is 0 Å². The van der Waals surface area contributed by atoms with E-state index in [9.17, 15) is 29.5 Å². The highest BCUT2D eigenvalue weighted by Gasteiger charge is 2.44. The van der Waals surface area contributed by atoms with Gasteiger partial charge in [0.1, 0.15) is 23.9 Å². The summed E-state index contributed by atoms with van der Waals surface area (Å²) in [4.78, 5) is 67.5. The number of carbonyl (C=O) groups is 4. The third-order valence-electron chi connectivity index (χ3n) is 14.2. The molecule has 21 nitrogen and oxygen atoms in total. The van der Waals surface area contributed by atoms with Crippen LogP contribution in [0.4, 0.5) is 11.4 Å². The lowest BCUT2D eigenvalue weighted by molar-refractivity contribution is -0.144. The molecule has 462 valence electrons. The molecule has 0 bridgehead atoms. The van der Waals surface area contributed by atoms with Crippen LogP contribution in [0.2, 0.25) is 10.0 Å². The van der Waals surface area contributed by atoms with Crippen LogP contribution in [0.3, 0.4) is 0 Å². The maximum atomic E-state index is 13.7. The number of β-amino-alcohol motifs (C(OH)–C–C–N with tert-alkyl or cyclic N) is 1. The second-order valence-corrected chi connectivity index (χ2v) is 22.9. The molecule has 0 saturated carbocycles. The van der Waals surface area contributed by atoms with Gasteiger partial charge in [-0.1, -0.05) is 68.2 Å². The molecule has 4 N–H and O–H groups in total. The van der Waals surface area contributed by atoms with Gasteiger partial charge in [-0.2, -0.15) is 5.26 Å². The summed E-state index contributed by atoms with van der Waals surface area (Å²) < 4.78 is 38.4. The molecule has 85 heavy (non-hydrogen) atoms. The quantitative estimate of drug-likeness (QED) is 0.0329. The van der Waals surface area contributed by atoms with Crippen molar-refractivity contribution >= 4 is 80.4 Å². The third-order valence-corrected chi connectivity index (χ3v) is 15.8. The number of nitriles is 1. The van der Waals surface area contributed by atoms with Gasteiger partial charge < -0.3 is 64.0 Å². The van der Waals surface area contributed by atoms with Crippen molar-refractivity contribution < 1.29 is 57.4 Å². The number of nitrogens with one attached hydrogen (secondary N) is 3. The Hall–Kier alpha value is -6.39. The molecule has 4 heterocycles. The first kappa shape index (κ1) is 67.7. The summed E-state index contributed by atoms with van der Waals surface area (Å²) in [7, 11) is 3.08. The first-order chi connectivity index (χ1) is 40.9. The number of pyridine rings is 1. The molecule has 0 unspecified atom stereocenters. The van der Waals surface area contributed by atoms with Gasteiger partial charge in [0.15, 0.2) is 11.5 Å². The van der Waals surface area contributed by atoms with Gasteiger partial charge in [0, 0.05) is 95.6 Å². The zero-order chi connectivity index (χ0) is 61.5. The molecular formula is C61H81Cl2N9O12S. The van der Waals surface area contributed by atoms with Gasteiger partial charge in [-0.05, 0) is 55.9 Å². The fourth-order valence-electron chi connectivity index (χ4n) is 9.52. The maximum Gasteiger partial charge on any atom is 0.246 e. The molecule has 0 radical (unpaired) electrons. The number of piperazine rings is 1. The predicted molar refractivity (Wildman–Crippen MR) is 328 cm³/mol. The number of amides is 4. The second kappa shape index (κ2) is 34.1. The number of halogens is 2. The Balaban J connectivity index is 0.000000272. The van der Waals surface area contributed by atoms with E-state index in [1.165, 1.54) is 18.2 Å². The van der Waals surface area contributed by atoms with Gasteiger partial charge in [0.05, 0.1) is 122 Å². The van der Waals surface area contributed by atoms with Crippen LogP contribution in [0, 0.1) is 23.7 Å². The minimum Gasteiger partial charge on any atom is -0.495 e. The van der Waals surface area contributed by atoms with E-state index in [0.717, 1.165) is 60.8 Å². The SMILES string of the molecule is CCOCCC(=O)N1CCN(CCCOc2cc3ncc(C#N)c(Nc4cc(OC)c(Cl)cc4Cl)c3cc2OC)CC1.CCOCCOCCOCCC(=O)N[C@H](C(=O)N1C[C@H](O)C[C@H]1C(=O)NCc1ccc(-c2scnc2C)cc1)C(C)(C)C. The summed E-state index contributed by atoms with van der Waals surface area (Å²) in [5, 5.41) is 30.6. The number of rotatable bonds is 29. The average molecular weight is 1240 g/mol. The lowest BCUT2D eigenvalue weighted by atomic mass is 9.85. The van der Waals surface area contributed by atoms with Crippen LogP contribution in [0.15, 0.2) is 60.2 Å². The van der Waals surface area contributed by atoms with Crippen LogP contribution in [0.5, 0.6) is 17.2 Å².